The quantitative estimate of drug-likeness (QED) is 0.501. The highest BCUT2D eigenvalue weighted by Gasteiger charge is 2.16. The number of aromatic nitrogens is 3. The molecular weight excluding hydrogens is 384 g/mol. The fourth-order valence-corrected chi connectivity index (χ4v) is 2.74. The third kappa shape index (κ3) is 4.44. The molecule has 0 aliphatic heterocycles. The number of ether oxygens (including phenoxy) is 2. The number of nitrogens with one attached hydrogen (secondary N) is 1. The van der Waals surface area contributed by atoms with Crippen molar-refractivity contribution >= 4 is 11.6 Å². The van der Waals surface area contributed by atoms with E-state index in [1.807, 2.05) is 30.3 Å². The van der Waals surface area contributed by atoms with Gasteiger partial charge in [-0.2, -0.15) is 4.98 Å². The number of benzene rings is 2. The van der Waals surface area contributed by atoms with Crippen molar-refractivity contribution < 1.29 is 18.8 Å². The first-order valence-corrected chi connectivity index (χ1v) is 9.13. The Morgan fingerprint density at radius 2 is 1.90 bits per heavy atom. The maximum Gasteiger partial charge on any atom is 0.262 e. The molecule has 2 heterocycles. The minimum Gasteiger partial charge on any atom is -0.497 e. The van der Waals surface area contributed by atoms with Crippen LogP contribution in [0.25, 0.3) is 22.8 Å². The summed E-state index contributed by atoms with van der Waals surface area (Å²) in [5.74, 6) is 1.64. The van der Waals surface area contributed by atoms with Gasteiger partial charge in [0, 0.05) is 11.8 Å². The molecule has 4 rings (SSSR count). The van der Waals surface area contributed by atoms with Crippen molar-refractivity contribution in [1.82, 2.24) is 15.1 Å². The van der Waals surface area contributed by atoms with Crippen LogP contribution in [0, 0.1) is 0 Å². The van der Waals surface area contributed by atoms with E-state index < -0.39 is 0 Å². The van der Waals surface area contributed by atoms with Gasteiger partial charge in [0.15, 0.2) is 6.61 Å². The molecule has 8 nitrogen and oxygen atoms in total. The summed E-state index contributed by atoms with van der Waals surface area (Å²) in [6.07, 6.45) is 3.19. The molecule has 8 heteroatoms. The molecular formula is C22H18N4O4. The lowest BCUT2D eigenvalue weighted by molar-refractivity contribution is -0.118. The summed E-state index contributed by atoms with van der Waals surface area (Å²) in [6, 6.07) is 18.0. The number of para-hydroxylation sites is 1. The summed E-state index contributed by atoms with van der Waals surface area (Å²) < 4.78 is 16.3. The van der Waals surface area contributed by atoms with Crippen molar-refractivity contribution in [3.05, 3.63) is 73.1 Å². The van der Waals surface area contributed by atoms with Crippen LogP contribution in [0.2, 0.25) is 0 Å². The SMILES string of the molecule is COc1ccc(-c2noc(-c3ccccc3OCC(=O)Nc3cccnc3)n2)cc1. The first kappa shape index (κ1) is 19.1. The molecule has 0 bridgehead atoms. The zero-order valence-electron chi connectivity index (χ0n) is 16.1. The number of carbonyl (C=O) groups excluding carboxylic acids is 1. The molecule has 4 aromatic rings. The van der Waals surface area contributed by atoms with Gasteiger partial charge in [0.2, 0.25) is 5.82 Å². The molecule has 0 radical (unpaired) electrons. The minimum absolute atomic E-state index is 0.175. The number of amides is 1. The second-order valence-electron chi connectivity index (χ2n) is 6.23. The van der Waals surface area contributed by atoms with E-state index in [4.69, 9.17) is 14.0 Å². The number of methoxy groups -OCH3 is 1. The van der Waals surface area contributed by atoms with Crippen LogP contribution >= 0.6 is 0 Å². The summed E-state index contributed by atoms with van der Waals surface area (Å²) in [4.78, 5) is 20.6. The van der Waals surface area contributed by atoms with Crippen LogP contribution < -0.4 is 14.8 Å². The van der Waals surface area contributed by atoms with Crippen LogP contribution in [0.3, 0.4) is 0 Å². The highest BCUT2D eigenvalue weighted by atomic mass is 16.5. The van der Waals surface area contributed by atoms with E-state index in [0.717, 1.165) is 11.3 Å². The summed E-state index contributed by atoms with van der Waals surface area (Å²) in [6.45, 7) is -0.175. The van der Waals surface area contributed by atoms with Crippen LogP contribution in [-0.4, -0.2) is 34.7 Å². The van der Waals surface area contributed by atoms with Crippen molar-refractivity contribution in [2.45, 2.75) is 0 Å². The lowest BCUT2D eigenvalue weighted by atomic mass is 10.2. The van der Waals surface area contributed by atoms with Crippen molar-refractivity contribution in [2.75, 3.05) is 19.0 Å². The first-order chi connectivity index (χ1) is 14.7. The van der Waals surface area contributed by atoms with E-state index >= 15 is 0 Å². The second kappa shape index (κ2) is 8.87. The molecule has 0 saturated heterocycles. The number of pyridine rings is 1. The van der Waals surface area contributed by atoms with Gasteiger partial charge >= 0.3 is 0 Å². The van der Waals surface area contributed by atoms with Crippen molar-refractivity contribution in [1.29, 1.82) is 0 Å². The summed E-state index contributed by atoms with van der Waals surface area (Å²) >= 11 is 0. The third-order valence-electron chi connectivity index (χ3n) is 4.20. The highest BCUT2D eigenvalue weighted by Crippen LogP contribution is 2.30. The molecule has 30 heavy (non-hydrogen) atoms. The Bertz CT molecular complexity index is 1130. The number of anilines is 1. The number of rotatable bonds is 7. The molecule has 0 aliphatic rings. The van der Waals surface area contributed by atoms with Gasteiger partial charge in [-0.25, -0.2) is 0 Å². The Hall–Kier alpha value is -4.20. The van der Waals surface area contributed by atoms with E-state index in [1.54, 1.807) is 49.8 Å². The monoisotopic (exact) mass is 402 g/mol. The Morgan fingerprint density at radius 1 is 1.07 bits per heavy atom. The van der Waals surface area contributed by atoms with Crippen LogP contribution in [0.4, 0.5) is 5.69 Å². The Balaban J connectivity index is 1.48. The molecule has 1 N–H and O–H groups in total. The predicted molar refractivity (Wildman–Crippen MR) is 110 cm³/mol. The van der Waals surface area contributed by atoms with Crippen LogP contribution in [0.15, 0.2) is 77.6 Å². The van der Waals surface area contributed by atoms with Crippen LogP contribution in [0.5, 0.6) is 11.5 Å². The molecule has 2 aromatic carbocycles. The van der Waals surface area contributed by atoms with Gasteiger partial charge in [-0.1, -0.05) is 17.3 Å². The van der Waals surface area contributed by atoms with Gasteiger partial charge in [0.05, 0.1) is 24.6 Å². The van der Waals surface area contributed by atoms with Gasteiger partial charge in [-0.3, -0.25) is 9.78 Å². The van der Waals surface area contributed by atoms with Gasteiger partial charge in [0.1, 0.15) is 11.5 Å². The van der Waals surface area contributed by atoms with E-state index in [-0.39, 0.29) is 12.5 Å². The number of carbonyl (C=O) groups is 1. The van der Waals surface area contributed by atoms with Gasteiger partial charge < -0.3 is 19.3 Å². The summed E-state index contributed by atoms with van der Waals surface area (Å²) in [5.41, 5.74) is 1.99. The number of nitrogens with zero attached hydrogens (tertiary/aromatic N) is 3. The zero-order valence-corrected chi connectivity index (χ0v) is 16.1. The van der Waals surface area contributed by atoms with E-state index in [2.05, 4.69) is 20.4 Å². The van der Waals surface area contributed by atoms with Crippen LogP contribution in [0.1, 0.15) is 0 Å². The van der Waals surface area contributed by atoms with E-state index in [0.29, 0.717) is 28.7 Å². The Morgan fingerprint density at radius 3 is 2.67 bits per heavy atom. The maximum absolute atomic E-state index is 12.1. The van der Waals surface area contributed by atoms with Gasteiger partial charge in [-0.15, -0.1) is 0 Å². The van der Waals surface area contributed by atoms with Crippen molar-refractivity contribution in [2.24, 2.45) is 0 Å². The highest BCUT2D eigenvalue weighted by molar-refractivity contribution is 5.91. The fourth-order valence-electron chi connectivity index (χ4n) is 2.74. The zero-order chi connectivity index (χ0) is 20.8. The normalized spacial score (nSPS) is 10.4. The smallest absolute Gasteiger partial charge is 0.262 e. The second-order valence-corrected chi connectivity index (χ2v) is 6.23. The van der Waals surface area contributed by atoms with Crippen molar-refractivity contribution in [3.63, 3.8) is 0 Å². The Labute approximate surface area is 172 Å². The molecule has 0 fully saturated rings. The lowest BCUT2D eigenvalue weighted by Crippen LogP contribution is -2.20. The lowest BCUT2D eigenvalue weighted by Gasteiger charge is -2.09. The third-order valence-corrected chi connectivity index (χ3v) is 4.20. The molecule has 2 aromatic heterocycles. The molecule has 0 spiro atoms. The minimum atomic E-state index is -0.303. The van der Waals surface area contributed by atoms with Gasteiger partial charge in [0.25, 0.3) is 11.8 Å². The average Bonchev–Trinajstić information content (AvgIpc) is 3.29. The topological polar surface area (TPSA) is 99.4 Å². The molecule has 1 amide bonds. The standard InChI is InChI=1S/C22H18N4O4/c1-28-17-10-8-15(9-11-17)21-25-22(30-26-21)18-6-2-3-7-19(18)29-14-20(27)24-16-5-4-12-23-13-16/h2-13H,14H2,1H3,(H,24,27). The average molecular weight is 402 g/mol. The van der Waals surface area contributed by atoms with E-state index in [1.165, 1.54) is 0 Å². The van der Waals surface area contributed by atoms with Crippen molar-refractivity contribution in [3.8, 4) is 34.3 Å². The van der Waals surface area contributed by atoms with E-state index in [9.17, 15) is 4.79 Å². The largest absolute Gasteiger partial charge is 0.497 e. The molecule has 0 saturated carbocycles. The maximum atomic E-state index is 12.1. The summed E-state index contributed by atoms with van der Waals surface area (Å²) in [5, 5.41) is 6.76. The molecule has 150 valence electrons. The first-order valence-electron chi connectivity index (χ1n) is 9.13. The number of hydrogen-bond acceptors (Lipinski definition) is 7. The molecule has 0 atom stereocenters. The number of hydrogen-bond donors (Lipinski definition) is 1. The van der Waals surface area contributed by atoms with Gasteiger partial charge in [-0.05, 0) is 48.5 Å². The van der Waals surface area contributed by atoms with Crippen LogP contribution in [-0.2, 0) is 4.79 Å². The molecule has 0 aliphatic carbocycles. The molecule has 0 unspecified atom stereocenters. The predicted octanol–water partition coefficient (Wildman–Crippen LogP) is 3.82. The fraction of sp³-hybridized carbons (Fsp3) is 0.0909. The Kier molecular flexibility index (Phi) is 5.66. The summed E-state index contributed by atoms with van der Waals surface area (Å²) in [7, 11) is 1.61.